The molecule has 0 unspecified atom stereocenters. The Morgan fingerprint density at radius 3 is 2.38 bits per heavy atom. The van der Waals surface area contributed by atoms with Crippen LogP contribution in [-0.4, -0.2) is 26.0 Å². The summed E-state index contributed by atoms with van der Waals surface area (Å²) in [7, 11) is 0. The molecule has 1 N–H and O–H groups in total. The summed E-state index contributed by atoms with van der Waals surface area (Å²) in [6.07, 6.45) is -14.2. The molecule has 3 rings (SSSR count). The molecule has 2 aromatic heterocycles. The Balaban J connectivity index is 2.03. The zero-order valence-corrected chi connectivity index (χ0v) is 12.5. The van der Waals surface area contributed by atoms with Crippen molar-refractivity contribution < 1.29 is 44.8 Å². The van der Waals surface area contributed by atoms with Gasteiger partial charge in [-0.15, -0.1) is 0 Å². The van der Waals surface area contributed by atoms with Crippen LogP contribution in [0.25, 0.3) is 0 Å². The molecule has 2 aromatic rings. The van der Waals surface area contributed by atoms with Gasteiger partial charge in [-0.1, -0.05) is 5.16 Å². The summed E-state index contributed by atoms with van der Waals surface area (Å²) in [6, 6.07) is 0.467. The van der Waals surface area contributed by atoms with Crippen molar-refractivity contribution in [1.29, 1.82) is 0 Å². The first-order chi connectivity index (χ1) is 11.8. The minimum atomic E-state index is -5.14. The average molecular weight is 391 g/mol. The van der Waals surface area contributed by atoms with E-state index in [1.54, 1.807) is 0 Å². The SMILES string of the molecule is O[C@H]1c2c(C(F)(F)F)nn(Cc3cc(C(F)(F)F)no3)c2CCC1(F)F. The first kappa shape index (κ1) is 18.6. The fraction of sp³-hybridized carbons (Fsp3) is 0.538. The number of halogens is 8. The third-order valence-corrected chi connectivity index (χ3v) is 3.89. The van der Waals surface area contributed by atoms with Crippen molar-refractivity contribution in [3.8, 4) is 0 Å². The van der Waals surface area contributed by atoms with Gasteiger partial charge in [0.15, 0.2) is 17.1 Å². The molecule has 0 saturated heterocycles. The van der Waals surface area contributed by atoms with Gasteiger partial charge in [0.2, 0.25) is 0 Å². The van der Waals surface area contributed by atoms with E-state index in [4.69, 9.17) is 0 Å². The maximum atomic E-state index is 13.6. The molecule has 5 nitrogen and oxygen atoms in total. The van der Waals surface area contributed by atoms with E-state index in [0.717, 1.165) is 0 Å². The van der Waals surface area contributed by atoms with Crippen LogP contribution >= 0.6 is 0 Å². The lowest BCUT2D eigenvalue weighted by Gasteiger charge is -2.28. The highest BCUT2D eigenvalue weighted by Gasteiger charge is 2.51. The van der Waals surface area contributed by atoms with Gasteiger partial charge in [-0.05, 0) is 6.42 Å². The standard InChI is InChI=1S/C13H9F8N3O2/c14-11(15)2-1-6-8(10(11)25)9(13(19,20)21)22-24(6)4-5-3-7(23-26-5)12(16,17)18/h3,10,25H,1-2,4H2/t10-/m0/s1. The molecule has 144 valence electrons. The number of aromatic nitrogens is 3. The molecule has 0 aromatic carbocycles. The van der Waals surface area contributed by atoms with Gasteiger partial charge in [-0.2, -0.15) is 31.4 Å². The van der Waals surface area contributed by atoms with Crippen LogP contribution in [0.2, 0.25) is 0 Å². The first-order valence-electron chi connectivity index (χ1n) is 7.06. The van der Waals surface area contributed by atoms with Gasteiger partial charge < -0.3 is 9.63 Å². The highest BCUT2D eigenvalue weighted by atomic mass is 19.4. The van der Waals surface area contributed by atoms with Crippen LogP contribution in [0.4, 0.5) is 35.1 Å². The number of hydrogen-bond donors (Lipinski definition) is 1. The maximum Gasteiger partial charge on any atom is 0.436 e. The first-order valence-corrected chi connectivity index (χ1v) is 7.06. The third-order valence-electron chi connectivity index (χ3n) is 3.89. The van der Waals surface area contributed by atoms with Crippen molar-refractivity contribution in [2.45, 2.75) is 43.8 Å². The number of nitrogens with zero attached hydrogens (tertiary/aromatic N) is 3. The predicted molar refractivity (Wildman–Crippen MR) is 66.1 cm³/mol. The highest BCUT2D eigenvalue weighted by molar-refractivity contribution is 5.35. The maximum absolute atomic E-state index is 13.6. The smallest absolute Gasteiger partial charge is 0.382 e. The zero-order chi connectivity index (χ0) is 19.5. The Bertz CT molecular complexity index is 820. The van der Waals surface area contributed by atoms with Crippen molar-refractivity contribution in [2.75, 3.05) is 0 Å². The Labute approximate surface area is 139 Å². The normalized spacial score (nSPS) is 20.3. The van der Waals surface area contributed by atoms with E-state index in [1.807, 2.05) is 0 Å². The second-order valence-corrected chi connectivity index (χ2v) is 5.70. The quantitative estimate of drug-likeness (QED) is 0.796. The summed E-state index contributed by atoms with van der Waals surface area (Å²) in [4.78, 5) is 0. The van der Waals surface area contributed by atoms with Crippen LogP contribution in [-0.2, 0) is 25.3 Å². The number of fused-ring (bicyclic) bond motifs is 1. The van der Waals surface area contributed by atoms with Crippen LogP contribution in [0.15, 0.2) is 10.6 Å². The van der Waals surface area contributed by atoms with E-state index in [2.05, 4.69) is 14.8 Å². The summed E-state index contributed by atoms with van der Waals surface area (Å²) < 4.78 is 109. The fourth-order valence-electron chi connectivity index (χ4n) is 2.70. The molecule has 0 radical (unpaired) electrons. The number of aliphatic hydroxyl groups is 1. The molecule has 26 heavy (non-hydrogen) atoms. The minimum Gasteiger partial charge on any atom is -0.382 e. The zero-order valence-electron chi connectivity index (χ0n) is 12.5. The molecule has 0 aliphatic heterocycles. The van der Waals surface area contributed by atoms with Crippen LogP contribution in [0.5, 0.6) is 0 Å². The molecule has 0 saturated carbocycles. The largest absolute Gasteiger partial charge is 0.436 e. The van der Waals surface area contributed by atoms with E-state index < -0.39 is 66.5 Å². The molecule has 13 heteroatoms. The van der Waals surface area contributed by atoms with Gasteiger partial charge >= 0.3 is 12.4 Å². The molecule has 0 bridgehead atoms. The molecule has 1 atom stereocenters. The molecular weight excluding hydrogens is 382 g/mol. The summed E-state index contributed by atoms with van der Waals surface area (Å²) in [5.74, 6) is -4.25. The van der Waals surface area contributed by atoms with E-state index >= 15 is 0 Å². The lowest BCUT2D eigenvalue weighted by Crippen LogP contribution is -2.33. The van der Waals surface area contributed by atoms with E-state index in [-0.39, 0.29) is 5.69 Å². The van der Waals surface area contributed by atoms with E-state index in [0.29, 0.717) is 10.7 Å². The van der Waals surface area contributed by atoms with Crippen molar-refractivity contribution >= 4 is 0 Å². The second-order valence-electron chi connectivity index (χ2n) is 5.70. The summed E-state index contributed by atoms with van der Waals surface area (Å²) in [6.45, 7) is -0.695. The van der Waals surface area contributed by atoms with Gasteiger partial charge in [0.25, 0.3) is 5.92 Å². The monoisotopic (exact) mass is 391 g/mol. The van der Waals surface area contributed by atoms with Crippen molar-refractivity contribution in [3.05, 3.63) is 34.5 Å². The molecule has 1 aliphatic carbocycles. The Kier molecular flexibility index (Phi) is 4.05. The Morgan fingerprint density at radius 1 is 1.19 bits per heavy atom. The van der Waals surface area contributed by atoms with Crippen molar-refractivity contribution in [2.24, 2.45) is 0 Å². The number of aliphatic hydroxyl groups excluding tert-OH is 1. The molecule has 1 aliphatic rings. The molecular formula is C13H9F8N3O2. The lowest BCUT2D eigenvalue weighted by atomic mass is 9.89. The number of rotatable bonds is 2. The van der Waals surface area contributed by atoms with Crippen LogP contribution < -0.4 is 0 Å². The van der Waals surface area contributed by atoms with Gasteiger partial charge in [0.1, 0.15) is 12.6 Å². The van der Waals surface area contributed by atoms with Crippen LogP contribution in [0.1, 0.15) is 40.9 Å². The number of alkyl halides is 8. The lowest BCUT2D eigenvalue weighted by molar-refractivity contribution is -0.150. The van der Waals surface area contributed by atoms with Gasteiger partial charge in [0.05, 0.1) is 0 Å². The topological polar surface area (TPSA) is 64.1 Å². The summed E-state index contributed by atoms with van der Waals surface area (Å²) >= 11 is 0. The molecule has 0 amide bonds. The van der Waals surface area contributed by atoms with Crippen LogP contribution in [0, 0.1) is 0 Å². The second kappa shape index (κ2) is 5.66. The van der Waals surface area contributed by atoms with E-state index in [1.165, 1.54) is 0 Å². The molecule has 0 fully saturated rings. The van der Waals surface area contributed by atoms with E-state index in [9.17, 15) is 40.2 Å². The fourth-order valence-corrected chi connectivity index (χ4v) is 2.70. The molecule has 0 spiro atoms. The Morgan fingerprint density at radius 2 is 1.85 bits per heavy atom. The highest BCUT2D eigenvalue weighted by Crippen LogP contribution is 2.46. The summed E-state index contributed by atoms with van der Waals surface area (Å²) in [5.41, 5.74) is -4.53. The van der Waals surface area contributed by atoms with Gasteiger partial charge in [0, 0.05) is 23.7 Å². The van der Waals surface area contributed by atoms with Gasteiger partial charge in [-0.25, -0.2) is 8.78 Å². The Hall–Kier alpha value is -2.18. The third kappa shape index (κ3) is 3.15. The summed E-state index contributed by atoms with van der Waals surface area (Å²) in [5, 5.41) is 15.6. The minimum absolute atomic E-state index is 0.347. The van der Waals surface area contributed by atoms with Gasteiger partial charge in [-0.3, -0.25) is 4.68 Å². The van der Waals surface area contributed by atoms with Crippen LogP contribution in [0.3, 0.4) is 0 Å². The average Bonchev–Trinajstić information content (AvgIpc) is 3.08. The molecule has 2 heterocycles. The number of hydrogen-bond acceptors (Lipinski definition) is 4. The van der Waals surface area contributed by atoms with Crippen molar-refractivity contribution in [3.63, 3.8) is 0 Å². The predicted octanol–water partition coefficient (Wildman–Crippen LogP) is 3.57. The van der Waals surface area contributed by atoms with Crippen molar-refractivity contribution in [1.82, 2.24) is 14.9 Å².